The SMILES string of the molecule is Cc1scc([Si](C)(C)C)c1C#N. The summed E-state index contributed by atoms with van der Waals surface area (Å²) < 4.78 is 0. The molecule has 0 amide bonds. The molecular weight excluding hydrogens is 182 g/mol. The van der Waals surface area contributed by atoms with Gasteiger partial charge in [0.25, 0.3) is 0 Å². The summed E-state index contributed by atoms with van der Waals surface area (Å²) in [4.78, 5) is 1.16. The molecule has 1 aromatic heterocycles. The third-order valence-electron chi connectivity index (χ3n) is 1.89. The van der Waals surface area contributed by atoms with Gasteiger partial charge in [0.05, 0.1) is 13.6 Å². The van der Waals surface area contributed by atoms with E-state index in [4.69, 9.17) is 5.26 Å². The highest BCUT2D eigenvalue weighted by Crippen LogP contribution is 2.16. The number of thiophene rings is 1. The Morgan fingerprint density at radius 1 is 1.42 bits per heavy atom. The standard InChI is InChI=1S/C9H13NSSi/c1-7-8(5-10)9(6-11-7)12(2,3)4/h6H,1-4H3. The second-order valence-electron chi connectivity index (χ2n) is 3.94. The van der Waals surface area contributed by atoms with Crippen molar-refractivity contribution >= 4 is 24.6 Å². The fourth-order valence-electron chi connectivity index (χ4n) is 1.15. The summed E-state index contributed by atoms with van der Waals surface area (Å²) in [5.41, 5.74) is 0.930. The molecule has 0 N–H and O–H groups in total. The molecule has 0 bridgehead atoms. The molecule has 0 spiro atoms. The van der Waals surface area contributed by atoms with Gasteiger partial charge < -0.3 is 0 Å². The van der Waals surface area contributed by atoms with E-state index in [1.807, 2.05) is 6.92 Å². The molecule has 0 fully saturated rings. The number of nitriles is 1. The van der Waals surface area contributed by atoms with Crippen molar-refractivity contribution in [1.82, 2.24) is 0 Å². The third-order valence-corrected chi connectivity index (χ3v) is 5.03. The Labute approximate surface area is 78.7 Å². The van der Waals surface area contributed by atoms with Crippen LogP contribution in [0.3, 0.4) is 0 Å². The lowest BCUT2D eigenvalue weighted by atomic mass is 10.3. The van der Waals surface area contributed by atoms with E-state index in [1.54, 1.807) is 11.3 Å². The summed E-state index contributed by atoms with van der Waals surface area (Å²) in [6.07, 6.45) is 0. The van der Waals surface area contributed by atoms with Gasteiger partial charge in [-0.05, 0) is 17.5 Å². The topological polar surface area (TPSA) is 23.8 Å². The molecule has 0 aromatic carbocycles. The average Bonchev–Trinajstić information content (AvgIpc) is 2.29. The number of hydrogen-bond acceptors (Lipinski definition) is 2. The third kappa shape index (κ3) is 1.60. The number of nitrogens with zero attached hydrogens (tertiary/aromatic N) is 1. The van der Waals surface area contributed by atoms with E-state index in [2.05, 4.69) is 31.1 Å². The lowest BCUT2D eigenvalue weighted by Crippen LogP contribution is -2.38. The number of hydrogen-bond donors (Lipinski definition) is 0. The first kappa shape index (κ1) is 9.49. The Hall–Kier alpha value is -0.593. The lowest BCUT2D eigenvalue weighted by Gasteiger charge is -2.14. The Morgan fingerprint density at radius 2 is 2.00 bits per heavy atom. The van der Waals surface area contributed by atoms with E-state index < -0.39 is 8.07 Å². The first-order chi connectivity index (χ1) is 5.46. The molecule has 64 valence electrons. The van der Waals surface area contributed by atoms with Crippen molar-refractivity contribution < 1.29 is 0 Å². The van der Waals surface area contributed by atoms with Gasteiger partial charge in [-0.15, -0.1) is 11.3 Å². The van der Waals surface area contributed by atoms with Crippen molar-refractivity contribution in [3.8, 4) is 6.07 Å². The van der Waals surface area contributed by atoms with Crippen LogP contribution in [-0.2, 0) is 0 Å². The molecule has 3 heteroatoms. The van der Waals surface area contributed by atoms with Crippen molar-refractivity contribution in [2.45, 2.75) is 26.6 Å². The summed E-state index contributed by atoms with van der Waals surface area (Å²) in [5.74, 6) is 0. The molecule has 0 aliphatic rings. The van der Waals surface area contributed by atoms with Gasteiger partial charge in [0, 0.05) is 4.88 Å². The van der Waals surface area contributed by atoms with Crippen molar-refractivity contribution in [2.24, 2.45) is 0 Å². The lowest BCUT2D eigenvalue weighted by molar-refractivity contribution is 1.48. The number of rotatable bonds is 1. The van der Waals surface area contributed by atoms with Crippen LogP contribution in [0.25, 0.3) is 0 Å². The monoisotopic (exact) mass is 195 g/mol. The van der Waals surface area contributed by atoms with Crippen LogP contribution < -0.4 is 5.19 Å². The van der Waals surface area contributed by atoms with Gasteiger partial charge in [0.15, 0.2) is 0 Å². The summed E-state index contributed by atoms with van der Waals surface area (Å²) in [6, 6.07) is 2.30. The maximum atomic E-state index is 8.93. The van der Waals surface area contributed by atoms with Crippen LogP contribution >= 0.6 is 11.3 Å². The van der Waals surface area contributed by atoms with Crippen LogP contribution in [-0.4, -0.2) is 8.07 Å². The quantitative estimate of drug-likeness (QED) is 0.632. The fourth-order valence-corrected chi connectivity index (χ4v) is 4.51. The second kappa shape index (κ2) is 3.04. The Bertz CT molecular complexity index is 327. The molecule has 0 aliphatic heterocycles. The maximum absolute atomic E-state index is 8.93. The largest absolute Gasteiger partial charge is 0.192 e. The predicted octanol–water partition coefficient (Wildman–Crippen LogP) is 2.47. The molecule has 1 nitrogen and oxygen atoms in total. The molecule has 0 saturated carbocycles. The zero-order valence-corrected chi connectivity index (χ0v) is 9.75. The highest BCUT2D eigenvalue weighted by molar-refractivity contribution is 7.12. The maximum Gasteiger partial charge on any atom is 0.100 e. The molecule has 0 radical (unpaired) electrons. The molecule has 0 saturated heterocycles. The Morgan fingerprint density at radius 3 is 2.33 bits per heavy atom. The summed E-state index contributed by atoms with van der Waals surface area (Å²) >= 11 is 1.69. The van der Waals surface area contributed by atoms with Gasteiger partial charge in [0.2, 0.25) is 0 Å². The summed E-state index contributed by atoms with van der Waals surface area (Å²) in [7, 11) is -1.29. The van der Waals surface area contributed by atoms with Crippen LogP contribution in [0.1, 0.15) is 10.4 Å². The van der Waals surface area contributed by atoms with E-state index in [0.29, 0.717) is 0 Å². The van der Waals surface area contributed by atoms with E-state index in [0.717, 1.165) is 10.4 Å². The minimum atomic E-state index is -1.29. The van der Waals surface area contributed by atoms with Gasteiger partial charge >= 0.3 is 0 Å². The van der Waals surface area contributed by atoms with Crippen LogP contribution in [0, 0.1) is 18.3 Å². The van der Waals surface area contributed by atoms with Crippen LogP contribution in [0.2, 0.25) is 19.6 Å². The van der Waals surface area contributed by atoms with Crippen LogP contribution in [0.5, 0.6) is 0 Å². The average molecular weight is 195 g/mol. The predicted molar refractivity (Wildman–Crippen MR) is 56.8 cm³/mol. The molecule has 1 aromatic rings. The van der Waals surface area contributed by atoms with E-state index >= 15 is 0 Å². The van der Waals surface area contributed by atoms with Crippen LogP contribution in [0.4, 0.5) is 0 Å². The molecule has 1 heterocycles. The minimum Gasteiger partial charge on any atom is -0.192 e. The zero-order chi connectivity index (χ0) is 9.35. The van der Waals surface area contributed by atoms with Crippen molar-refractivity contribution in [3.63, 3.8) is 0 Å². The molecule has 0 atom stereocenters. The molecular formula is C9H13NSSi. The van der Waals surface area contributed by atoms with Crippen LogP contribution in [0.15, 0.2) is 5.38 Å². The molecule has 0 aliphatic carbocycles. The Balaban J connectivity index is 3.28. The molecule has 1 rings (SSSR count). The summed E-state index contributed by atoms with van der Waals surface area (Å²) in [6.45, 7) is 8.84. The van der Waals surface area contributed by atoms with Crippen molar-refractivity contribution in [1.29, 1.82) is 5.26 Å². The zero-order valence-electron chi connectivity index (χ0n) is 7.93. The fraction of sp³-hybridized carbons (Fsp3) is 0.444. The van der Waals surface area contributed by atoms with E-state index in [-0.39, 0.29) is 0 Å². The normalized spacial score (nSPS) is 11.2. The second-order valence-corrected chi connectivity index (χ2v) is 10.1. The van der Waals surface area contributed by atoms with E-state index in [9.17, 15) is 0 Å². The summed E-state index contributed by atoms with van der Waals surface area (Å²) in [5, 5.41) is 12.4. The van der Waals surface area contributed by atoms with E-state index in [1.165, 1.54) is 5.19 Å². The van der Waals surface area contributed by atoms with Gasteiger partial charge in [-0.3, -0.25) is 0 Å². The smallest absolute Gasteiger partial charge is 0.100 e. The van der Waals surface area contributed by atoms with Gasteiger partial charge in [-0.2, -0.15) is 5.26 Å². The highest BCUT2D eigenvalue weighted by atomic mass is 32.1. The van der Waals surface area contributed by atoms with Crippen molar-refractivity contribution in [3.05, 3.63) is 15.8 Å². The van der Waals surface area contributed by atoms with Gasteiger partial charge in [-0.25, -0.2) is 0 Å². The van der Waals surface area contributed by atoms with Gasteiger partial charge in [-0.1, -0.05) is 19.6 Å². The highest BCUT2D eigenvalue weighted by Gasteiger charge is 2.22. The van der Waals surface area contributed by atoms with Crippen molar-refractivity contribution in [2.75, 3.05) is 0 Å². The Kier molecular flexibility index (Phi) is 2.40. The first-order valence-electron chi connectivity index (χ1n) is 3.95. The first-order valence-corrected chi connectivity index (χ1v) is 8.33. The molecule has 12 heavy (non-hydrogen) atoms. The molecule has 0 unspecified atom stereocenters. The van der Waals surface area contributed by atoms with Gasteiger partial charge in [0.1, 0.15) is 6.07 Å². The number of aryl methyl sites for hydroxylation is 1. The minimum absolute atomic E-state index is 0.930.